The number of amides is 2. The number of benzene rings is 2. The highest BCUT2D eigenvalue weighted by atomic mass is 16.6. The number of hydrogen-bond donors (Lipinski definition) is 2. The molecule has 2 aromatic carbocycles. The van der Waals surface area contributed by atoms with Gasteiger partial charge >= 0.3 is 0 Å². The largest absolute Gasteiger partial charge is 0.482 e. The molecule has 7 heteroatoms. The molecule has 0 saturated carbocycles. The van der Waals surface area contributed by atoms with Gasteiger partial charge in [0.1, 0.15) is 11.9 Å². The summed E-state index contributed by atoms with van der Waals surface area (Å²) in [5.74, 6) is 1.16. The molecule has 0 unspecified atom stereocenters. The van der Waals surface area contributed by atoms with Gasteiger partial charge in [0, 0.05) is 5.69 Å². The van der Waals surface area contributed by atoms with Crippen LogP contribution in [0.3, 0.4) is 0 Å². The standard InChI is InChI=1S/C19H18N2O5/c1-10-17(26-16-6-4-3-5-15(16)24-10)19(23)20-12-7-8-14-13(9-12)21-18(22)11(2)25-14/h3-11,17H,1-2H3,(H,20,23)(H,21,22)/t10-,11+,17-/m1/s1. The van der Waals surface area contributed by atoms with Crippen molar-refractivity contribution in [2.24, 2.45) is 0 Å². The number of fused-ring (bicyclic) bond motifs is 2. The number of nitrogens with one attached hydrogen (secondary N) is 2. The molecule has 0 radical (unpaired) electrons. The van der Waals surface area contributed by atoms with Crippen molar-refractivity contribution < 1.29 is 23.8 Å². The molecule has 2 aliphatic rings. The Morgan fingerprint density at radius 2 is 1.73 bits per heavy atom. The molecule has 0 aromatic heterocycles. The Morgan fingerprint density at radius 1 is 1.00 bits per heavy atom. The molecule has 134 valence electrons. The second kappa shape index (κ2) is 6.25. The van der Waals surface area contributed by atoms with Gasteiger partial charge in [-0.3, -0.25) is 9.59 Å². The van der Waals surface area contributed by atoms with Gasteiger partial charge in [0.05, 0.1) is 5.69 Å². The van der Waals surface area contributed by atoms with Gasteiger partial charge < -0.3 is 24.8 Å². The maximum Gasteiger partial charge on any atom is 0.269 e. The summed E-state index contributed by atoms with van der Waals surface area (Å²) < 4.78 is 17.1. The minimum absolute atomic E-state index is 0.227. The molecule has 26 heavy (non-hydrogen) atoms. The molecule has 2 amide bonds. The number of ether oxygens (including phenoxy) is 3. The van der Waals surface area contributed by atoms with Crippen LogP contribution in [0.15, 0.2) is 42.5 Å². The van der Waals surface area contributed by atoms with Crippen LogP contribution in [-0.2, 0) is 9.59 Å². The molecule has 2 N–H and O–H groups in total. The molecule has 0 spiro atoms. The number of carbonyl (C=O) groups is 2. The highest BCUT2D eigenvalue weighted by Gasteiger charge is 2.34. The predicted octanol–water partition coefficient (Wildman–Crippen LogP) is 2.57. The molecule has 3 atom stereocenters. The minimum atomic E-state index is -0.785. The molecule has 0 bridgehead atoms. The van der Waals surface area contributed by atoms with Crippen LogP contribution >= 0.6 is 0 Å². The Bertz CT molecular complexity index is 882. The highest BCUT2D eigenvalue weighted by molar-refractivity contribution is 6.00. The van der Waals surface area contributed by atoms with Gasteiger partial charge in [-0.15, -0.1) is 0 Å². The summed E-state index contributed by atoms with van der Waals surface area (Å²) in [5.41, 5.74) is 1.05. The monoisotopic (exact) mass is 354 g/mol. The van der Waals surface area contributed by atoms with Crippen molar-refractivity contribution in [3.8, 4) is 17.2 Å². The van der Waals surface area contributed by atoms with Crippen LogP contribution in [0, 0.1) is 0 Å². The molecule has 4 rings (SSSR count). The third-order valence-electron chi connectivity index (χ3n) is 4.28. The fraction of sp³-hybridized carbons (Fsp3) is 0.263. The lowest BCUT2D eigenvalue weighted by Gasteiger charge is -2.31. The van der Waals surface area contributed by atoms with Crippen LogP contribution in [0.5, 0.6) is 17.2 Å². The van der Waals surface area contributed by atoms with Crippen LogP contribution in [0.2, 0.25) is 0 Å². The van der Waals surface area contributed by atoms with E-state index in [0.717, 1.165) is 0 Å². The van der Waals surface area contributed by atoms with E-state index in [9.17, 15) is 9.59 Å². The quantitative estimate of drug-likeness (QED) is 0.866. The fourth-order valence-electron chi connectivity index (χ4n) is 2.91. The Labute approximate surface area is 150 Å². The van der Waals surface area contributed by atoms with E-state index in [2.05, 4.69) is 10.6 Å². The Balaban J connectivity index is 1.50. The number of rotatable bonds is 2. The molecular weight excluding hydrogens is 336 g/mol. The first-order chi connectivity index (χ1) is 12.5. The summed E-state index contributed by atoms with van der Waals surface area (Å²) in [4.78, 5) is 24.4. The predicted molar refractivity (Wildman–Crippen MR) is 94.7 cm³/mol. The van der Waals surface area contributed by atoms with Gasteiger partial charge in [-0.1, -0.05) is 12.1 Å². The molecule has 0 aliphatic carbocycles. The number of para-hydroxylation sites is 2. The zero-order chi connectivity index (χ0) is 18.3. The van der Waals surface area contributed by atoms with Crippen molar-refractivity contribution in [2.75, 3.05) is 10.6 Å². The normalized spacial score (nSPS) is 23.3. The van der Waals surface area contributed by atoms with E-state index in [4.69, 9.17) is 14.2 Å². The van der Waals surface area contributed by atoms with Crippen molar-refractivity contribution in [3.63, 3.8) is 0 Å². The molecule has 0 fully saturated rings. The highest BCUT2D eigenvalue weighted by Crippen LogP contribution is 2.35. The summed E-state index contributed by atoms with van der Waals surface area (Å²) in [6.07, 6.45) is -1.77. The van der Waals surface area contributed by atoms with Gasteiger partial charge in [-0.25, -0.2) is 0 Å². The summed E-state index contributed by atoms with van der Waals surface area (Å²) in [7, 11) is 0. The van der Waals surface area contributed by atoms with E-state index in [1.165, 1.54) is 0 Å². The Hall–Kier alpha value is -3.22. The summed E-state index contributed by atoms with van der Waals surface area (Å²) in [5, 5.41) is 5.55. The molecule has 0 saturated heterocycles. The molecule has 7 nitrogen and oxygen atoms in total. The van der Waals surface area contributed by atoms with E-state index in [1.807, 2.05) is 12.1 Å². The summed E-state index contributed by atoms with van der Waals surface area (Å²) in [6, 6.07) is 12.3. The summed E-state index contributed by atoms with van der Waals surface area (Å²) >= 11 is 0. The van der Waals surface area contributed by atoms with E-state index in [0.29, 0.717) is 28.6 Å². The molecule has 2 aliphatic heterocycles. The smallest absolute Gasteiger partial charge is 0.269 e. The van der Waals surface area contributed by atoms with Gasteiger partial charge in [0.15, 0.2) is 17.6 Å². The zero-order valence-electron chi connectivity index (χ0n) is 14.3. The van der Waals surface area contributed by atoms with E-state index < -0.39 is 18.3 Å². The van der Waals surface area contributed by atoms with Crippen LogP contribution in [0.25, 0.3) is 0 Å². The fourth-order valence-corrected chi connectivity index (χ4v) is 2.91. The molecule has 2 heterocycles. The van der Waals surface area contributed by atoms with Crippen molar-refractivity contribution in [3.05, 3.63) is 42.5 Å². The van der Waals surface area contributed by atoms with Crippen LogP contribution in [0.1, 0.15) is 13.8 Å². The second-order valence-electron chi connectivity index (χ2n) is 6.26. The van der Waals surface area contributed by atoms with E-state index >= 15 is 0 Å². The minimum Gasteiger partial charge on any atom is -0.482 e. The van der Waals surface area contributed by atoms with Crippen LogP contribution in [0.4, 0.5) is 11.4 Å². The number of anilines is 2. The lowest BCUT2D eigenvalue weighted by atomic mass is 10.1. The van der Waals surface area contributed by atoms with E-state index in [1.54, 1.807) is 44.2 Å². The maximum absolute atomic E-state index is 12.6. The zero-order valence-corrected chi connectivity index (χ0v) is 14.3. The lowest BCUT2D eigenvalue weighted by Crippen LogP contribution is -2.46. The van der Waals surface area contributed by atoms with Gasteiger partial charge in [-0.2, -0.15) is 0 Å². The van der Waals surface area contributed by atoms with Crippen molar-refractivity contribution in [2.45, 2.75) is 32.2 Å². The SMILES string of the molecule is C[C@@H]1Oc2ccc(NC(=O)[C@@H]3Oc4ccccc4O[C@@H]3C)cc2NC1=O. The average molecular weight is 354 g/mol. The number of carbonyl (C=O) groups excluding carboxylic acids is 2. The van der Waals surface area contributed by atoms with Crippen molar-refractivity contribution in [1.82, 2.24) is 0 Å². The van der Waals surface area contributed by atoms with Gasteiger partial charge in [0.2, 0.25) is 6.10 Å². The first-order valence-corrected chi connectivity index (χ1v) is 8.36. The maximum atomic E-state index is 12.6. The number of hydrogen-bond acceptors (Lipinski definition) is 5. The van der Waals surface area contributed by atoms with Crippen LogP contribution < -0.4 is 24.8 Å². The van der Waals surface area contributed by atoms with Crippen LogP contribution in [-0.4, -0.2) is 30.1 Å². The first kappa shape index (κ1) is 16.3. The Kier molecular flexibility index (Phi) is 3.91. The average Bonchev–Trinajstić information content (AvgIpc) is 2.62. The van der Waals surface area contributed by atoms with Gasteiger partial charge in [0.25, 0.3) is 11.8 Å². The Morgan fingerprint density at radius 3 is 2.50 bits per heavy atom. The van der Waals surface area contributed by atoms with Gasteiger partial charge in [-0.05, 0) is 44.2 Å². The summed E-state index contributed by atoms with van der Waals surface area (Å²) in [6.45, 7) is 3.45. The van der Waals surface area contributed by atoms with Crippen molar-refractivity contribution >= 4 is 23.2 Å². The first-order valence-electron chi connectivity index (χ1n) is 8.36. The second-order valence-corrected chi connectivity index (χ2v) is 6.26. The lowest BCUT2D eigenvalue weighted by molar-refractivity contribution is -0.128. The topological polar surface area (TPSA) is 85.9 Å². The van der Waals surface area contributed by atoms with E-state index in [-0.39, 0.29) is 11.8 Å². The third-order valence-corrected chi connectivity index (χ3v) is 4.28. The molecule has 2 aromatic rings. The molecular formula is C19H18N2O5. The third kappa shape index (κ3) is 2.92. The van der Waals surface area contributed by atoms with Crippen molar-refractivity contribution in [1.29, 1.82) is 0 Å².